The fourth-order valence-electron chi connectivity index (χ4n) is 1.97. The maximum atomic E-state index is 2.35. The molecule has 1 radical (unpaired) electrons. The van der Waals surface area contributed by atoms with Gasteiger partial charge in [0.1, 0.15) is 7.28 Å². The first-order chi connectivity index (χ1) is 4.45. The third kappa shape index (κ3) is 1.05. The van der Waals surface area contributed by atoms with Crippen molar-refractivity contribution in [3.8, 4) is 0 Å². The smallest absolute Gasteiger partial charge is 0.123 e. The van der Waals surface area contributed by atoms with E-state index in [1.54, 1.807) is 5.57 Å². The van der Waals surface area contributed by atoms with Crippen LogP contribution in [0, 0.1) is 5.92 Å². The number of hydrogen-bond acceptors (Lipinski definition) is 0. The van der Waals surface area contributed by atoms with E-state index in [-0.39, 0.29) is 0 Å². The Morgan fingerprint density at radius 3 is 3.33 bits per heavy atom. The Labute approximate surface area is 57.6 Å². The molecule has 1 atom stereocenters. The third-order valence-corrected chi connectivity index (χ3v) is 2.48. The molecule has 47 valence electrons. The SMILES string of the molecule is [B]1C=C2CCCC(C1)C2. The second kappa shape index (κ2) is 2.20. The number of hydrogen-bond donors (Lipinski definition) is 0. The van der Waals surface area contributed by atoms with Gasteiger partial charge in [0.2, 0.25) is 0 Å². The molecule has 0 spiro atoms. The van der Waals surface area contributed by atoms with E-state index in [2.05, 4.69) is 13.3 Å². The summed E-state index contributed by atoms with van der Waals surface area (Å²) in [5, 5.41) is 0. The third-order valence-electron chi connectivity index (χ3n) is 2.48. The summed E-state index contributed by atoms with van der Waals surface area (Å²) in [5.41, 5.74) is 1.71. The molecular weight excluding hydrogens is 107 g/mol. The number of allylic oxidation sites excluding steroid dienone is 1. The molecule has 2 aliphatic rings. The van der Waals surface area contributed by atoms with Crippen LogP contribution in [-0.2, 0) is 0 Å². The van der Waals surface area contributed by atoms with Crippen LogP contribution in [0.1, 0.15) is 25.7 Å². The van der Waals surface area contributed by atoms with Crippen molar-refractivity contribution in [1.29, 1.82) is 0 Å². The van der Waals surface area contributed by atoms with E-state index < -0.39 is 0 Å². The van der Waals surface area contributed by atoms with Crippen molar-refractivity contribution < 1.29 is 0 Å². The van der Waals surface area contributed by atoms with Crippen molar-refractivity contribution >= 4 is 7.28 Å². The summed E-state index contributed by atoms with van der Waals surface area (Å²) in [5.74, 6) is 3.37. The maximum Gasteiger partial charge on any atom is 0.141 e. The molecule has 0 amide bonds. The van der Waals surface area contributed by atoms with Gasteiger partial charge in [-0.1, -0.05) is 18.3 Å². The standard InChI is InChI=1S/C8H12B/c1-2-7-4-8(3-1)6-9-5-7/h5,8H,1-4,6H2. The van der Waals surface area contributed by atoms with E-state index >= 15 is 0 Å². The normalized spacial score (nSPS) is 32.9. The van der Waals surface area contributed by atoms with Gasteiger partial charge >= 0.3 is 0 Å². The fourth-order valence-corrected chi connectivity index (χ4v) is 1.97. The van der Waals surface area contributed by atoms with Gasteiger partial charge < -0.3 is 0 Å². The van der Waals surface area contributed by atoms with Crippen LogP contribution < -0.4 is 0 Å². The van der Waals surface area contributed by atoms with Crippen LogP contribution in [0.4, 0.5) is 0 Å². The predicted molar refractivity (Wildman–Crippen MR) is 40.6 cm³/mol. The Kier molecular flexibility index (Phi) is 1.37. The van der Waals surface area contributed by atoms with E-state index in [0.717, 1.165) is 5.92 Å². The zero-order chi connectivity index (χ0) is 6.10. The van der Waals surface area contributed by atoms with Crippen molar-refractivity contribution in [3.63, 3.8) is 0 Å². The monoisotopic (exact) mass is 119 g/mol. The molecule has 1 aliphatic carbocycles. The lowest BCUT2D eigenvalue weighted by Gasteiger charge is -2.27. The van der Waals surface area contributed by atoms with Crippen molar-refractivity contribution in [2.24, 2.45) is 5.92 Å². The molecule has 1 heteroatoms. The molecule has 1 heterocycles. The van der Waals surface area contributed by atoms with E-state index in [9.17, 15) is 0 Å². The molecule has 0 nitrogen and oxygen atoms in total. The van der Waals surface area contributed by atoms with Gasteiger partial charge in [0.05, 0.1) is 0 Å². The molecular formula is C8H12B. The van der Waals surface area contributed by atoms with Gasteiger partial charge in [0.15, 0.2) is 0 Å². The van der Waals surface area contributed by atoms with Crippen molar-refractivity contribution in [3.05, 3.63) is 11.5 Å². The van der Waals surface area contributed by atoms with Crippen molar-refractivity contribution in [2.45, 2.75) is 32.0 Å². The zero-order valence-corrected chi connectivity index (χ0v) is 5.77. The van der Waals surface area contributed by atoms with Crippen LogP contribution in [0.15, 0.2) is 11.5 Å². The minimum atomic E-state index is 1.03. The lowest BCUT2D eigenvalue weighted by Crippen LogP contribution is -2.15. The second-order valence-corrected chi connectivity index (χ2v) is 3.26. The molecule has 1 saturated carbocycles. The molecule has 0 aromatic carbocycles. The summed E-state index contributed by atoms with van der Waals surface area (Å²) in [6.45, 7) is 0. The average Bonchev–Trinajstić information content (AvgIpc) is 1.88. The topological polar surface area (TPSA) is 0 Å². The minimum Gasteiger partial charge on any atom is -0.123 e. The van der Waals surface area contributed by atoms with Crippen molar-refractivity contribution in [2.75, 3.05) is 0 Å². The summed E-state index contributed by atoms with van der Waals surface area (Å²) in [6, 6.07) is 0. The highest BCUT2D eigenvalue weighted by atomic mass is 14.2. The quantitative estimate of drug-likeness (QED) is 0.428. The first-order valence-corrected chi connectivity index (χ1v) is 3.96. The van der Waals surface area contributed by atoms with E-state index in [1.807, 2.05) is 0 Å². The van der Waals surface area contributed by atoms with Crippen molar-refractivity contribution in [1.82, 2.24) is 0 Å². The molecule has 1 fully saturated rings. The fraction of sp³-hybridized carbons (Fsp3) is 0.750. The number of rotatable bonds is 0. The van der Waals surface area contributed by atoms with Crippen LogP contribution in [0.5, 0.6) is 0 Å². The lowest BCUT2D eigenvalue weighted by atomic mass is 9.59. The Morgan fingerprint density at radius 1 is 1.56 bits per heavy atom. The van der Waals surface area contributed by atoms with E-state index in [0.29, 0.717) is 0 Å². The molecule has 2 rings (SSSR count). The zero-order valence-electron chi connectivity index (χ0n) is 5.77. The van der Waals surface area contributed by atoms with E-state index in [4.69, 9.17) is 0 Å². The summed E-state index contributed by atoms with van der Waals surface area (Å²) in [4.78, 5) is 0. The Balaban J connectivity index is 2.13. The largest absolute Gasteiger partial charge is 0.141 e. The van der Waals surface area contributed by atoms with Gasteiger partial charge in [0, 0.05) is 0 Å². The van der Waals surface area contributed by atoms with Crippen LogP contribution in [0.25, 0.3) is 0 Å². The van der Waals surface area contributed by atoms with Crippen LogP contribution in [0.3, 0.4) is 0 Å². The number of fused-ring (bicyclic) bond motifs is 2. The van der Waals surface area contributed by atoms with E-state index in [1.165, 1.54) is 32.0 Å². The highest BCUT2D eigenvalue weighted by Crippen LogP contribution is 2.33. The van der Waals surface area contributed by atoms with Gasteiger partial charge in [-0.2, -0.15) is 0 Å². The minimum absolute atomic E-state index is 1.03. The molecule has 1 aliphatic heterocycles. The lowest BCUT2D eigenvalue weighted by molar-refractivity contribution is 0.447. The van der Waals surface area contributed by atoms with Gasteiger partial charge in [-0.3, -0.25) is 0 Å². The molecule has 1 unspecified atom stereocenters. The van der Waals surface area contributed by atoms with Crippen LogP contribution in [0.2, 0.25) is 6.32 Å². The van der Waals surface area contributed by atoms with Gasteiger partial charge in [-0.15, -0.1) is 5.98 Å². The molecule has 2 bridgehead atoms. The molecule has 0 aromatic rings. The van der Waals surface area contributed by atoms with Gasteiger partial charge in [0.25, 0.3) is 0 Å². The maximum absolute atomic E-state index is 2.35. The molecule has 0 N–H and O–H groups in total. The Bertz CT molecular complexity index is 138. The second-order valence-electron chi connectivity index (χ2n) is 3.26. The molecule has 0 aromatic heterocycles. The van der Waals surface area contributed by atoms with Gasteiger partial charge in [-0.25, -0.2) is 0 Å². The Hall–Kier alpha value is -0.195. The summed E-state index contributed by atoms with van der Waals surface area (Å²) >= 11 is 0. The van der Waals surface area contributed by atoms with Crippen LogP contribution >= 0.6 is 0 Å². The Morgan fingerprint density at radius 2 is 2.56 bits per heavy atom. The first kappa shape index (κ1) is 5.58. The molecule has 9 heavy (non-hydrogen) atoms. The predicted octanol–water partition coefficient (Wildman–Crippen LogP) is 2.20. The highest BCUT2D eigenvalue weighted by molar-refractivity contribution is 6.42. The molecule has 0 saturated heterocycles. The average molecular weight is 119 g/mol. The van der Waals surface area contributed by atoms with Gasteiger partial charge in [-0.05, 0) is 25.2 Å². The highest BCUT2D eigenvalue weighted by Gasteiger charge is 2.19. The van der Waals surface area contributed by atoms with Crippen LogP contribution in [-0.4, -0.2) is 7.28 Å². The summed E-state index contributed by atoms with van der Waals surface area (Å²) in [6.07, 6.45) is 7.07. The first-order valence-electron chi connectivity index (χ1n) is 3.96. The summed E-state index contributed by atoms with van der Waals surface area (Å²) in [7, 11) is 2.35. The summed E-state index contributed by atoms with van der Waals surface area (Å²) < 4.78 is 0.